The molecular weight excluding hydrogens is 313 g/mol. The summed E-state index contributed by atoms with van der Waals surface area (Å²) in [6.45, 7) is 11.5. The summed E-state index contributed by atoms with van der Waals surface area (Å²) < 4.78 is 6.85. The van der Waals surface area contributed by atoms with Crippen molar-refractivity contribution in [3.05, 3.63) is 21.4 Å². The first-order valence-corrected chi connectivity index (χ1v) is 6.68. The van der Waals surface area contributed by atoms with Gasteiger partial charge in [0.25, 0.3) is 0 Å². The molecule has 0 unspecified atom stereocenters. The summed E-state index contributed by atoms with van der Waals surface area (Å²) in [5.41, 5.74) is 1.15. The molecule has 0 aliphatic heterocycles. The molecule has 0 aliphatic rings. The molecule has 3 heteroatoms. The third kappa shape index (κ3) is 4.28. The van der Waals surface area contributed by atoms with Crippen molar-refractivity contribution in [1.29, 1.82) is 0 Å². The zero-order valence-corrected chi connectivity index (χ0v) is 12.8. The minimum absolute atomic E-state index is 0.0666. The van der Waals surface area contributed by atoms with Crippen LogP contribution in [0.25, 0.3) is 0 Å². The SMILES string of the molecule is CC(C)COc1cc(I)cc(C(C)(C)C)n1. The molecule has 0 saturated carbocycles. The van der Waals surface area contributed by atoms with Gasteiger partial charge in [-0.25, -0.2) is 4.98 Å². The molecular formula is C13H20INO. The standard InChI is InChI=1S/C13H20INO/c1-9(2)8-16-12-7-10(14)6-11(15-12)13(3,4)5/h6-7,9H,8H2,1-5H3. The lowest BCUT2D eigenvalue weighted by atomic mass is 9.92. The molecule has 1 aromatic rings. The number of ether oxygens (including phenoxy) is 1. The van der Waals surface area contributed by atoms with Gasteiger partial charge in [0.2, 0.25) is 5.88 Å². The first-order chi connectivity index (χ1) is 7.29. The van der Waals surface area contributed by atoms with Gasteiger partial charge in [-0.15, -0.1) is 0 Å². The predicted octanol–water partition coefficient (Wildman–Crippen LogP) is 4.02. The number of hydrogen-bond acceptors (Lipinski definition) is 2. The average molecular weight is 333 g/mol. The summed E-state index contributed by atoms with van der Waals surface area (Å²) in [6.07, 6.45) is 0. The summed E-state index contributed by atoms with van der Waals surface area (Å²) in [4.78, 5) is 4.55. The van der Waals surface area contributed by atoms with Gasteiger partial charge in [-0.2, -0.15) is 0 Å². The van der Waals surface area contributed by atoms with Crippen LogP contribution < -0.4 is 4.74 Å². The largest absolute Gasteiger partial charge is 0.477 e. The van der Waals surface area contributed by atoms with Crippen molar-refractivity contribution >= 4 is 22.6 Å². The molecule has 0 atom stereocenters. The summed E-state index contributed by atoms with van der Waals surface area (Å²) in [7, 11) is 0. The number of hydrogen-bond donors (Lipinski definition) is 0. The van der Waals surface area contributed by atoms with E-state index in [1.54, 1.807) is 0 Å². The van der Waals surface area contributed by atoms with Gasteiger partial charge < -0.3 is 4.74 Å². The van der Waals surface area contributed by atoms with Gasteiger partial charge in [-0.3, -0.25) is 0 Å². The van der Waals surface area contributed by atoms with Crippen LogP contribution in [0.1, 0.15) is 40.3 Å². The van der Waals surface area contributed by atoms with Gasteiger partial charge >= 0.3 is 0 Å². The Hall–Kier alpha value is -0.320. The van der Waals surface area contributed by atoms with E-state index < -0.39 is 0 Å². The highest BCUT2D eigenvalue weighted by Gasteiger charge is 2.17. The fourth-order valence-corrected chi connectivity index (χ4v) is 1.75. The zero-order valence-electron chi connectivity index (χ0n) is 10.7. The number of nitrogens with zero attached hydrogens (tertiary/aromatic N) is 1. The zero-order chi connectivity index (χ0) is 12.3. The fourth-order valence-electron chi connectivity index (χ4n) is 1.18. The summed E-state index contributed by atoms with van der Waals surface area (Å²) >= 11 is 2.31. The molecule has 0 saturated heterocycles. The Labute approximate surface area is 112 Å². The highest BCUT2D eigenvalue weighted by atomic mass is 127. The maximum Gasteiger partial charge on any atom is 0.214 e. The highest BCUT2D eigenvalue weighted by Crippen LogP contribution is 2.25. The molecule has 0 fully saturated rings. The Morgan fingerprint density at radius 2 is 1.94 bits per heavy atom. The van der Waals surface area contributed by atoms with E-state index in [0.29, 0.717) is 5.92 Å². The second-order valence-electron chi connectivity index (χ2n) is 5.46. The smallest absolute Gasteiger partial charge is 0.214 e. The van der Waals surface area contributed by atoms with Crippen molar-refractivity contribution in [2.45, 2.75) is 40.0 Å². The maximum absolute atomic E-state index is 5.67. The monoisotopic (exact) mass is 333 g/mol. The summed E-state index contributed by atoms with van der Waals surface area (Å²) in [6, 6.07) is 4.10. The van der Waals surface area contributed by atoms with Crippen LogP contribution in [0, 0.1) is 9.49 Å². The second-order valence-corrected chi connectivity index (χ2v) is 6.71. The van der Waals surface area contributed by atoms with Crippen LogP contribution >= 0.6 is 22.6 Å². The number of pyridine rings is 1. The van der Waals surface area contributed by atoms with Gasteiger partial charge in [0.1, 0.15) is 0 Å². The second kappa shape index (κ2) is 5.34. The van der Waals surface area contributed by atoms with E-state index in [1.165, 1.54) is 3.57 Å². The van der Waals surface area contributed by atoms with Crippen molar-refractivity contribution < 1.29 is 4.74 Å². The molecule has 0 aromatic carbocycles. The molecule has 1 aromatic heterocycles. The van der Waals surface area contributed by atoms with Crippen molar-refractivity contribution in [1.82, 2.24) is 4.98 Å². The minimum Gasteiger partial charge on any atom is -0.477 e. The first-order valence-electron chi connectivity index (χ1n) is 5.60. The Kier molecular flexibility index (Phi) is 4.59. The molecule has 1 rings (SSSR count). The number of aromatic nitrogens is 1. The van der Waals surface area contributed by atoms with Gasteiger partial charge in [0.15, 0.2) is 0 Å². The van der Waals surface area contributed by atoms with Crippen molar-refractivity contribution in [3.63, 3.8) is 0 Å². The lowest BCUT2D eigenvalue weighted by molar-refractivity contribution is 0.259. The molecule has 2 nitrogen and oxygen atoms in total. The van der Waals surface area contributed by atoms with Crippen molar-refractivity contribution in [2.75, 3.05) is 6.61 Å². The maximum atomic E-state index is 5.67. The molecule has 0 radical (unpaired) electrons. The molecule has 0 spiro atoms. The van der Waals surface area contributed by atoms with E-state index >= 15 is 0 Å². The Morgan fingerprint density at radius 1 is 1.31 bits per heavy atom. The highest BCUT2D eigenvalue weighted by molar-refractivity contribution is 14.1. The van der Waals surface area contributed by atoms with Gasteiger partial charge in [-0.1, -0.05) is 34.6 Å². The van der Waals surface area contributed by atoms with Crippen LogP contribution in [0.15, 0.2) is 12.1 Å². The van der Waals surface area contributed by atoms with Gasteiger partial charge in [0, 0.05) is 15.1 Å². The van der Waals surface area contributed by atoms with Crippen LogP contribution in [0.2, 0.25) is 0 Å². The number of rotatable bonds is 3. The lowest BCUT2D eigenvalue weighted by Gasteiger charge is -2.19. The fraction of sp³-hybridized carbons (Fsp3) is 0.615. The Bertz CT molecular complexity index is 355. The first kappa shape index (κ1) is 13.7. The minimum atomic E-state index is 0.0666. The van der Waals surface area contributed by atoms with Crippen molar-refractivity contribution in [2.24, 2.45) is 5.92 Å². The van der Waals surface area contributed by atoms with Gasteiger partial charge in [-0.05, 0) is 34.6 Å². The molecule has 0 N–H and O–H groups in total. The lowest BCUT2D eigenvalue weighted by Crippen LogP contribution is -2.15. The molecule has 16 heavy (non-hydrogen) atoms. The van der Waals surface area contributed by atoms with Crippen LogP contribution in [0.4, 0.5) is 0 Å². The Morgan fingerprint density at radius 3 is 2.44 bits per heavy atom. The van der Waals surface area contributed by atoms with E-state index in [-0.39, 0.29) is 5.41 Å². The average Bonchev–Trinajstić information content (AvgIpc) is 2.12. The number of halogens is 1. The van der Waals surface area contributed by atoms with Crippen LogP contribution in [0.5, 0.6) is 5.88 Å². The molecule has 0 amide bonds. The summed E-state index contributed by atoms with van der Waals surface area (Å²) in [5, 5.41) is 0. The van der Waals surface area contributed by atoms with E-state index in [2.05, 4.69) is 68.3 Å². The normalized spacial score (nSPS) is 11.9. The van der Waals surface area contributed by atoms with Crippen molar-refractivity contribution in [3.8, 4) is 5.88 Å². The van der Waals surface area contributed by atoms with E-state index in [0.717, 1.165) is 18.2 Å². The van der Waals surface area contributed by atoms with E-state index in [1.807, 2.05) is 6.07 Å². The molecule has 90 valence electrons. The quantitative estimate of drug-likeness (QED) is 0.780. The molecule has 0 aliphatic carbocycles. The summed E-state index contributed by atoms with van der Waals surface area (Å²) in [5.74, 6) is 1.27. The van der Waals surface area contributed by atoms with E-state index in [4.69, 9.17) is 4.74 Å². The van der Waals surface area contributed by atoms with Crippen LogP contribution in [-0.2, 0) is 5.41 Å². The molecule has 0 bridgehead atoms. The van der Waals surface area contributed by atoms with Crippen LogP contribution in [-0.4, -0.2) is 11.6 Å². The predicted molar refractivity (Wildman–Crippen MR) is 76.0 cm³/mol. The molecule has 1 heterocycles. The third-order valence-corrected chi connectivity index (χ3v) is 2.72. The van der Waals surface area contributed by atoms with Gasteiger partial charge in [0.05, 0.1) is 12.3 Å². The Balaban J connectivity index is 2.90. The van der Waals surface area contributed by atoms with E-state index in [9.17, 15) is 0 Å². The third-order valence-electron chi connectivity index (χ3n) is 2.10. The van der Waals surface area contributed by atoms with Crippen LogP contribution in [0.3, 0.4) is 0 Å². The topological polar surface area (TPSA) is 22.1 Å².